The van der Waals surface area contributed by atoms with E-state index in [0.717, 1.165) is 49.6 Å². The van der Waals surface area contributed by atoms with Gasteiger partial charge in [0, 0.05) is 57.7 Å². The molecule has 2 N–H and O–H groups in total. The van der Waals surface area contributed by atoms with Gasteiger partial charge in [-0.25, -0.2) is 9.37 Å². The molecule has 6 nitrogen and oxygen atoms in total. The fourth-order valence-corrected chi connectivity index (χ4v) is 3.67. The lowest BCUT2D eigenvalue weighted by atomic mass is 10.2. The number of pyridine rings is 1. The van der Waals surface area contributed by atoms with Gasteiger partial charge in [0.2, 0.25) is 0 Å². The topological polar surface area (TPSA) is 55.8 Å². The minimum absolute atomic E-state index is 0.194. The third kappa shape index (κ3) is 4.96. The van der Waals surface area contributed by atoms with Crippen LogP contribution in [0.25, 0.3) is 0 Å². The average molecular weight is 397 g/mol. The lowest BCUT2D eigenvalue weighted by Crippen LogP contribution is -2.46. The fourth-order valence-electron chi connectivity index (χ4n) is 3.67. The number of hydrogen-bond acceptors (Lipinski definition) is 4. The lowest BCUT2D eigenvalue weighted by molar-refractivity contribution is 0.624. The molecular weight excluding hydrogens is 367 g/mol. The molecule has 1 saturated carbocycles. The maximum atomic E-state index is 13.1. The quantitative estimate of drug-likeness (QED) is 0.601. The van der Waals surface area contributed by atoms with Gasteiger partial charge in [0.05, 0.1) is 0 Å². The molecule has 0 spiro atoms. The molecule has 0 amide bonds. The van der Waals surface area contributed by atoms with E-state index in [-0.39, 0.29) is 5.82 Å². The van der Waals surface area contributed by atoms with Gasteiger partial charge in [-0.3, -0.25) is 4.99 Å². The zero-order valence-corrected chi connectivity index (χ0v) is 17.1. The Bertz CT molecular complexity index is 845. The summed E-state index contributed by atoms with van der Waals surface area (Å²) in [5.41, 5.74) is 2.25. The molecule has 154 valence electrons. The molecule has 2 aromatic rings. The second kappa shape index (κ2) is 8.68. The van der Waals surface area contributed by atoms with E-state index in [0.29, 0.717) is 12.6 Å². The Morgan fingerprint density at radius 3 is 2.48 bits per heavy atom. The molecule has 2 atom stereocenters. The van der Waals surface area contributed by atoms with Crippen LogP contribution in [0.2, 0.25) is 0 Å². The van der Waals surface area contributed by atoms with Crippen molar-refractivity contribution in [2.45, 2.75) is 25.9 Å². The van der Waals surface area contributed by atoms with Gasteiger partial charge in [0.15, 0.2) is 5.96 Å². The van der Waals surface area contributed by atoms with Crippen LogP contribution in [0.4, 0.5) is 15.9 Å². The van der Waals surface area contributed by atoms with E-state index in [1.54, 1.807) is 7.05 Å². The molecule has 1 aliphatic carbocycles. The molecule has 1 aliphatic heterocycles. The van der Waals surface area contributed by atoms with Crippen LogP contribution in [0.1, 0.15) is 18.9 Å². The van der Waals surface area contributed by atoms with Crippen molar-refractivity contribution in [3.63, 3.8) is 0 Å². The van der Waals surface area contributed by atoms with Crippen LogP contribution in [0, 0.1) is 11.7 Å². The number of guanidine groups is 1. The van der Waals surface area contributed by atoms with Crippen LogP contribution in [-0.4, -0.2) is 50.2 Å². The van der Waals surface area contributed by atoms with Gasteiger partial charge in [-0.2, -0.15) is 0 Å². The van der Waals surface area contributed by atoms with Crippen LogP contribution in [0.15, 0.2) is 47.6 Å². The molecule has 2 fully saturated rings. The minimum Gasteiger partial charge on any atom is -0.368 e. The van der Waals surface area contributed by atoms with Crippen LogP contribution >= 0.6 is 0 Å². The normalized spacial score (nSPS) is 21.8. The Labute approximate surface area is 171 Å². The van der Waals surface area contributed by atoms with Crippen molar-refractivity contribution in [3.05, 3.63) is 54.0 Å². The highest BCUT2D eigenvalue weighted by atomic mass is 19.1. The number of benzene rings is 1. The lowest BCUT2D eigenvalue weighted by Gasteiger charge is -2.36. The summed E-state index contributed by atoms with van der Waals surface area (Å²) < 4.78 is 13.1. The summed E-state index contributed by atoms with van der Waals surface area (Å²) in [6, 6.07) is 11.5. The van der Waals surface area contributed by atoms with Gasteiger partial charge in [0.1, 0.15) is 11.6 Å². The molecule has 2 unspecified atom stereocenters. The van der Waals surface area contributed by atoms with E-state index >= 15 is 0 Å². The number of rotatable bonds is 5. The maximum Gasteiger partial charge on any atom is 0.191 e. The number of aromatic nitrogens is 1. The second-order valence-electron chi connectivity index (χ2n) is 7.86. The molecule has 2 aliphatic rings. The van der Waals surface area contributed by atoms with Crippen molar-refractivity contribution in [2.75, 3.05) is 43.0 Å². The summed E-state index contributed by atoms with van der Waals surface area (Å²) in [7, 11) is 1.81. The number of nitrogens with zero attached hydrogens (tertiary/aromatic N) is 4. The van der Waals surface area contributed by atoms with Gasteiger partial charge < -0.3 is 20.4 Å². The molecule has 7 heteroatoms. The standard InChI is InChI=1S/C22H29FN6/c1-16-13-20(16)27-22(24-2)26-15-17-7-8-25-21(14-17)29-11-9-28(10-12-29)19-5-3-18(23)4-6-19/h3-8,14,16,20H,9-13,15H2,1-2H3,(H2,24,26,27). The Balaban J connectivity index is 1.31. The first-order chi connectivity index (χ1) is 14.1. The predicted molar refractivity (Wildman–Crippen MR) is 116 cm³/mol. The SMILES string of the molecule is CN=C(NCc1ccnc(N2CCN(c3ccc(F)cc3)CC2)c1)NC1CC1C. The van der Waals surface area contributed by atoms with Crippen molar-refractivity contribution >= 4 is 17.5 Å². The summed E-state index contributed by atoms with van der Waals surface area (Å²) in [4.78, 5) is 13.5. The number of anilines is 2. The van der Waals surface area contributed by atoms with Crippen LogP contribution in [0.5, 0.6) is 0 Å². The minimum atomic E-state index is -0.194. The number of hydrogen-bond donors (Lipinski definition) is 2. The number of halogens is 1. The maximum absolute atomic E-state index is 13.1. The van der Waals surface area contributed by atoms with E-state index in [9.17, 15) is 4.39 Å². The highest BCUT2D eigenvalue weighted by molar-refractivity contribution is 5.80. The third-order valence-corrected chi connectivity index (χ3v) is 5.72. The van der Waals surface area contributed by atoms with E-state index in [4.69, 9.17) is 0 Å². The van der Waals surface area contributed by atoms with Crippen molar-refractivity contribution < 1.29 is 4.39 Å². The van der Waals surface area contributed by atoms with Crippen molar-refractivity contribution in [2.24, 2.45) is 10.9 Å². The monoisotopic (exact) mass is 396 g/mol. The summed E-state index contributed by atoms with van der Waals surface area (Å²) in [5, 5.41) is 6.84. The summed E-state index contributed by atoms with van der Waals surface area (Å²) in [6.07, 6.45) is 3.09. The van der Waals surface area contributed by atoms with E-state index in [1.807, 2.05) is 24.4 Å². The van der Waals surface area contributed by atoms with Gasteiger partial charge in [-0.05, 0) is 54.3 Å². The Morgan fingerprint density at radius 1 is 1.14 bits per heavy atom. The summed E-state index contributed by atoms with van der Waals surface area (Å²) >= 11 is 0. The summed E-state index contributed by atoms with van der Waals surface area (Å²) in [6.45, 7) is 6.54. The molecule has 1 saturated heterocycles. The number of piperazine rings is 1. The van der Waals surface area contributed by atoms with Crippen molar-refractivity contribution in [3.8, 4) is 0 Å². The van der Waals surface area contributed by atoms with E-state index < -0.39 is 0 Å². The zero-order chi connectivity index (χ0) is 20.2. The molecule has 4 rings (SSSR count). The fraction of sp³-hybridized carbons (Fsp3) is 0.455. The van der Waals surface area contributed by atoms with Gasteiger partial charge in [0.25, 0.3) is 0 Å². The van der Waals surface area contributed by atoms with Gasteiger partial charge >= 0.3 is 0 Å². The first kappa shape index (κ1) is 19.5. The van der Waals surface area contributed by atoms with Gasteiger partial charge in [-0.15, -0.1) is 0 Å². The van der Waals surface area contributed by atoms with Crippen molar-refractivity contribution in [1.29, 1.82) is 0 Å². The molecule has 29 heavy (non-hydrogen) atoms. The van der Waals surface area contributed by atoms with E-state index in [1.165, 1.54) is 24.1 Å². The molecule has 2 heterocycles. The van der Waals surface area contributed by atoms with Crippen LogP contribution < -0.4 is 20.4 Å². The van der Waals surface area contributed by atoms with Crippen molar-refractivity contribution in [1.82, 2.24) is 15.6 Å². The highest BCUT2D eigenvalue weighted by Crippen LogP contribution is 2.28. The number of aliphatic imine (C=N–C) groups is 1. The largest absolute Gasteiger partial charge is 0.368 e. The molecule has 0 bridgehead atoms. The summed E-state index contributed by atoms with van der Waals surface area (Å²) in [5.74, 6) is 2.39. The first-order valence-corrected chi connectivity index (χ1v) is 10.3. The molecular formula is C22H29FN6. The average Bonchev–Trinajstić information content (AvgIpc) is 3.46. The first-order valence-electron chi connectivity index (χ1n) is 10.3. The Hall–Kier alpha value is -2.83. The van der Waals surface area contributed by atoms with E-state index in [2.05, 4.69) is 43.4 Å². The number of nitrogens with one attached hydrogen (secondary N) is 2. The highest BCUT2D eigenvalue weighted by Gasteiger charge is 2.33. The van der Waals surface area contributed by atoms with Crippen LogP contribution in [0.3, 0.4) is 0 Å². The Morgan fingerprint density at radius 2 is 1.83 bits per heavy atom. The van der Waals surface area contributed by atoms with Gasteiger partial charge in [-0.1, -0.05) is 6.92 Å². The zero-order valence-electron chi connectivity index (χ0n) is 17.1. The predicted octanol–water partition coefficient (Wildman–Crippen LogP) is 2.62. The smallest absolute Gasteiger partial charge is 0.191 e. The second-order valence-corrected chi connectivity index (χ2v) is 7.86. The molecule has 0 radical (unpaired) electrons. The third-order valence-electron chi connectivity index (χ3n) is 5.72. The van der Waals surface area contributed by atoms with Crippen LogP contribution in [-0.2, 0) is 6.54 Å². The molecule has 1 aromatic carbocycles. The Kier molecular flexibility index (Phi) is 5.83. The molecule has 1 aromatic heterocycles.